The number of rotatable bonds is 3. The summed E-state index contributed by atoms with van der Waals surface area (Å²) in [6.07, 6.45) is 3.56. The second-order valence-corrected chi connectivity index (χ2v) is 3.64. The molecule has 86 valence electrons. The van der Waals surface area contributed by atoms with E-state index < -0.39 is 0 Å². The summed E-state index contributed by atoms with van der Waals surface area (Å²) in [6, 6.07) is 11.6. The maximum Gasteiger partial charge on any atom is 0.119 e. The topological polar surface area (TPSA) is 34.5 Å². The molecule has 0 N–H and O–H groups in total. The van der Waals surface area contributed by atoms with Crippen LogP contribution in [0, 0.1) is 0 Å². The van der Waals surface area contributed by atoms with Crippen molar-refractivity contribution in [2.75, 3.05) is 7.11 Å². The number of nitrogens with zero attached hydrogens (tertiary/aromatic N) is 2. The Balaban J connectivity index is 2.23. The lowest BCUT2D eigenvalue weighted by molar-refractivity contribution is 0.415. The fourth-order valence-corrected chi connectivity index (χ4v) is 1.49. The molecular weight excluding hydrogens is 212 g/mol. The first-order valence-electron chi connectivity index (χ1n) is 5.39. The normalized spacial score (nSPS) is 11.3. The van der Waals surface area contributed by atoms with Gasteiger partial charge in [0, 0.05) is 23.7 Å². The van der Waals surface area contributed by atoms with E-state index in [-0.39, 0.29) is 0 Å². The molecule has 3 nitrogen and oxygen atoms in total. The Kier molecular flexibility index (Phi) is 3.50. The first kappa shape index (κ1) is 11.3. The molecule has 0 unspecified atom stereocenters. The lowest BCUT2D eigenvalue weighted by Crippen LogP contribution is -1.93. The molecule has 0 amide bonds. The third-order valence-electron chi connectivity index (χ3n) is 2.45. The minimum Gasteiger partial charge on any atom is -0.497 e. The Hall–Kier alpha value is -2.16. The van der Waals surface area contributed by atoms with Crippen molar-refractivity contribution >= 4 is 11.4 Å². The third kappa shape index (κ3) is 2.91. The molecule has 0 atom stereocenters. The Morgan fingerprint density at radius 1 is 1.18 bits per heavy atom. The molecule has 0 aliphatic rings. The van der Waals surface area contributed by atoms with Crippen LogP contribution >= 0.6 is 0 Å². The molecule has 0 fully saturated rings. The van der Waals surface area contributed by atoms with Crippen LogP contribution in [-0.4, -0.2) is 17.8 Å². The highest BCUT2D eigenvalue weighted by Gasteiger charge is 1.97. The Morgan fingerprint density at radius 3 is 2.53 bits per heavy atom. The number of methoxy groups -OCH3 is 1. The van der Waals surface area contributed by atoms with Gasteiger partial charge in [0.05, 0.1) is 12.8 Å². The third-order valence-corrected chi connectivity index (χ3v) is 2.45. The van der Waals surface area contributed by atoms with E-state index in [4.69, 9.17) is 4.74 Å². The van der Waals surface area contributed by atoms with E-state index in [9.17, 15) is 0 Å². The molecule has 0 radical (unpaired) electrons. The first-order chi connectivity index (χ1) is 8.29. The van der Waals surface area contributed by atoms with Gasteiger partial charge in [-0.1, -0.05) is 6.07 Å². The van der Waals surface area contributed by atoms with Crippen LogP contribution in [0.5, 0.6) is 5.75 Å². The minimum atomic E-state index is 0.836. The smallest absolute Gasteiger partial charge is 0.119 e. The fraction of sp³-hybridized carbons (Fsp3) is 0.143. The van der Waals surface area contributed by atoms with Crippen LogP contribution in [0.3, 0.4) is 0 Å². The van der Waals surface area contributed by atoms with E-state index in [1.165, 1.54) is 0 Å². The van der Waals surface area contributed by atoms with Gasteiger partial charge >= 0.3 is 0 Å². The molecule has 0 saturated carbocycles. The van der Waals surface area contributed by atoms with Crippen molar-refractivity contribution in [2.24, 2.45) is 4.99 Å². The van der Waals surface area contributed by atoms with E-state index in [2.05, 4.69) is 9.98 Å². The van der Waals surface area contributed by atoms with Gasteiger partial charge in [-0.05, 0) is 37.3 Å². The minimum absolute atomic E-state index is 0.836. The van der Waals surface area contributed by atoms with Gasteiger partial charge in [0.2, 0.25) is 0 Å². The number of ether oxygens (including phenoxy) is 1. The second-order valence-electron chi connectivity index (χ2n) is 3.64. The van der Waals surface area contributed by atoms with Crippen LogP contribution in [0.2, 0.25) is 0 Å². The van der Waals surface area contributed by atoms with Crippen molar-refractivity contribution in [3.63, 3.8) is 0 Å². The molecule has 2 rings (SSSR count). The summed E-state index contributed by atoms with van der Waals surface area (Å²) >= 11 is 0. The summed E-state index contributed by atoms with van der Waals surface area (Å²) in [5.41, 5.74) is 2.89. The Morgan fingerprint density at radius 2 is 1.94 bits per heavy atom. The number of hydrogen-bond donors (Lipinski definition) is 0. The summed E-state index contributed by atoms with van der Waals surface area (Å²) in [6.45, 7) is 1.97. The van der Waals surface area contributed by atoms with Crippen LogP contribution < -0.4 is 4.74 Å². The number of benzene rings is 1. The van der Waals surface area contributed by atoms with Gasteiger partial charge in [-0.2, -0.15) is 0 Å². The van der Waals surface area contributed by atoms with Crippen molar-refractivity contribution in [1.29, 1.82) is 0 Å². The maximum absolute atomic E-state index is 5.10. The fourth-order valence-electron chi connectivity index (χ4n) is 1.49. The van der Waals surface area contributed by atoms with Crippen LogP contribution in [0.15, 0.2) is 53.8 Å². The van der Waals surface area contributed by atoms with E-state index in [0.717, 1.165) is 22.7 Å². The van der Waals surface area contributed by atoms with Gasteiger partial charge in [-0.3, -0.25) is 9.98 Å². The van der Waals surface area contributed by atoms with Crippen LogP contribution in [0.4, 0.5) is 5.69 Å². The van der Waals surface area contributed by atoms with Crippen LogP contribution in [0.25, 0.3) is 0 Å². The highest BCUT2D eigenvalue weighted by atomic mass is 16.5. The van der Waals surface area contributed by atoms with E-state index >= 15 is 0 Å². The lowest BCUT2D eigenvalue weighted by Gasteiger charge is -2.02. The number of pyridine rings is 1. The number of aliphatic imine (C=N–C) groups is 1. The molecule has 0 saturated heterocycles. The molecule has 17 heavy (non-hydrogen) atoms. The molecule has 1 aromatic carbocycles. The average Bonchev–Trinajstić information content (AvgIpc) is 2.40. The monoisotopic (exact) mass is 226 g/mol. The largest absolute Gasteiger partial charge is 0.497 e. The maximum atomic E-state index is 5.10. The molecule has 2 aromatic rings. The van der Waals surface area contributed by atoms with E-state index in [0.29, 0.717) is 0 Å². The molecule has 1 aromatic heterocycles. The van der Waals surface area contributed by atoms with Crippen LogP contribution in [-0.2, 0) is 0 Å². The summed E-state index contributed by atoms with van der Waals surface area (Å²) in [5.74, 6) is 0.836. The van der Waals surface area contributed by atoms with Crippen molar-refractivity contribution in [2.45, 2.75) is 6.92 Å². The zero-order chi connectivity index (χ0) is 12.1. The highest BCUT2D eigenvalue weighted by molar-refractivity contribution is 5.99. The predicted octanol–water partition coefficient (Wildman–Crippen LogP) is 3.23. The van der Waals surface area contributed by atoms with E-state index in [1.54, 1.807) is 13.3 Å². The lowest BCUT2D eigenvalue weighted by atomic mass is 10.2. The Bertz CT molecular complexity index is 504. The molecule has 0 aliphatic heterocycles. The summed E-state index contributed by atoms with van der Waals surface area (Å²) in [7, 11) is 1.65. The van der Waals surface area contributed by atoms with Gasteiger partial charge in [-0.25, -0.2) is 0 Å². The van der Waals surface area contributed by atoms with E-state index in [1.807, 2.05) is 49.5 Å². The zero-order valence-corrected chi connectivity index (χ0v) is 9.92. The zero-order valence-electron chi connectivity index (χ0n) is 9.92. The van der Waals surface area contributed by atoms with Crippen molar-refractivity contribution < 1.29 is 4.74 Å². The first-order valence-corrected chi connectivity index (χ1v) is 5.39. The second kappa shape index (κ2) is 5.25. The molecule has 3 heteroatoms. The Labute approximate surface area is 101 Å². The molecular formula is C14H14N2O. The standard InChI is InChI=1S/C14H14N2O/c1-11(12-4-3-9-15-10-12)16-13-5-7-14(17-2)8-6-13/h3-10H,1-2H3. The van der Waals surface area contributed by atoms with Gasteiger partial charge in [0.25, 0.3) is 0 Å². The average molecular weight is 226 g/mol. The number of aromatic nitrogens is 1. The highest BCUT2D eigenvalue weighted by Crippen LogP contribution is 2.18. The van der Waals surface area contributed by atoms with Gasteiger partial charge in [0.15, 0.2) is 0 Å². The predicted molar refractivity (Wildman–Crippen MR) is 69.1 cm³/mol. The molecule has 0 spiro atoms. The molecule has 0 aliphatic carbocycles. The van der Waals surface area contributed by atoms with Crippen molar-refractivity contribution in [3.8, 4) is 5.75 Å². The van der Waals surface area contributed by atoms with Gasteiger partial charge in [-0.15, -0.1) is 0 Å². The molecule has 0 bridgehead atoms. The van der Waals surface area contributed by atoms with Crippen molar-refractivity contribution in [1.82, 2.24) is 4.98 Å². The van der Waals surface area contributed by atoms with Gasteiger partial charge in [0.1, 0.15) is 5.75 Å². The summed E-state index contributed by atoms with van der Waals surface area (Å²) < 4.78 is 5.10. The van der Waals surface area contributed by atoms with Gasteiger partial charge < -0.3 is 4.74 Å². The summed E-state index contributed by atoms with van der Waals surface area (Å²) in [5, 5.41) is 0. The summed E-state index contributed by atoms with van der Waals surface area (Å²) in [4.78, 5) is 8.60. The van der Waals surface area contributed by atoms with Crippen LogP contribution in [0.1, 0.15) is 12.5 Å². The van der Waals surface area contributed by atoms with Crippen molar-refractivity contribution in [3.05, 3.63) is 54.4 Å². The number of hydrogen-bond acceptors (Lipinski definition) is 3. The SMILES string of the molecule is COc1ccc(N=C(C)c2cccnc2)cc1. The quantitative estimate of drug-likeness (QED) is 0.753. The molecule has 1 heterocycles.